The number of aromatic nitrogens is 1. The molecule has 0 saturated carbocycles. The molecular formula is C28H26N2O6S. The maximum Gasteiger partial charge on any atom is 0.350 e. The van der Waals surface area contributed by atoms with Crippen molar-refractivity contribution < 1.29 is 23.5 Å². The predicted molar refractivity (Wildman–Crippen MR) is 141 cm³/mol. The number of ether oxygens (including phenoxy) is 2. The Hall–Kier alpha value is -3.98. The van der Waals surface area contributed by atoms with Crippen LogP contribution in [0.25, 0.3) is 11.0 Å². The number of rotatable bonds is 8. The van der Waals surface area contributed by atoms with E-state index in [0.29, 0.717) is 34.6 Å². The van der Waals surface area contributed by atoms with Crippen LogP contribution in [-0.2, 0) is 4.74 Å². The van der Waals surface area contributed by atoms with Crippen molar-refractivity contribution in [1.82, 2.24) is 4.98 Å². The fraction of sp³-hybridized carbons (Fsp3) is 0.286. The summed E-state index contributed by atoms with van der Waals surface area (Å²) in [6.45, 7) is 4.38. The van der Waals surface area contributed by atoms with Gasteiger partial charge in [-0.15, -0.1) is 0 Å². The highest BCUT2D eigenvalue weighted by molar-refractivity contribution is 7.17. The Balaban J connectivity index is 1.66. The number of unbranched alkanes of at least 4 members (excludes halogenated alkanes) is 2. The minimum absolute atomic E-state index is 0.0320. The summed E-state index contributed by atoms with van der Waals surface area (Å²) in [4.78, 5) is 46.0. The molecule has 8 nitrogen and oxygen atoms in total. The van der Waals surface area contributed by atoms with Crippen LogP contribution in [0.4, 0.5) is 5.13 Å². The molecule has 2 aromatic carbocycles. The van der Waals surface area contributed by atoms with E-state index >= 15 is 0 Å². The van der Waals surface area contributed by atoms with Crippen molar-refractivity contribution in [2.45, 2.75) is 39.2 Å². The van der Waals surface area contributed by atoms with Crippen LogP contribution in [0.2, 0.25) is 0 Å². The lowest BCUT2D eigenvalue weighted by atomic mass is 9.98. The van der Waals surface area contributed by atoms with Crippen molar-refractivity contribution in [3.63, 3.8) is 0 Å². The second kappa shape index (κ2) is 10.2. The quantitative estimate of drug-likeness (QED) is 0.219. The van der Waals surface area contributed by atoms with Crippen molar-refractivity contribution in [2.75, 3.05) is 18.6 Å². The number of esters is 1. The monoisotopic (exact) mass is 518 g/mol. The van der Waals surface area contributed by atoms with E-state index in [2.05, 4.69) is 11.9 Å². The number of carbonyl (C=O) groups excluding carboxylic acids is 2. The van der Waals surface area contributed by atoms with Gasteiger partial charge in [0.2, 0.25) is 5.76 Å². The van der Waals surface area contributed by atoms with Crippen LogP contribution in [-0.4, -0.2) is 30.6 Å². The maximum absolute atomic E-state index is 13.8. The van der Waals surface area contributed by atoms with Gasteiger partial charge in [0.25, 0.3) is 5.91 Å². The fourth-order valence-corrected chi connectivity index (χ4v) is 5.53. The molecule has 0 bridgehead atoms. The summed E-state index contributed by atoms with van der Waals surface area (Å²) < 4.78 is 16.8. The molecule has 0 spiro atoms. The lowest BCUT2D eigenvalue weighted by molar-refractivity contribution is 0.0605. The lowest BCUT2D eigenvalue weighted by Crippen LogP contribution is -2.29. The van der Waals surface area contributed by atoms with E-state index in [1.807, 2.05) is 24.3 Å². The molecule has 1 aliphatic rings. The standard InChI is InChI=1S/C28H26N2O6S/c1-4-5-8-14-35-18-11-9-10-17(15-18)22-21-23(31)19-12-6-7-13-20(19)36-24(21)26(32)30(22)28-29-16(2)25(37-28)27(33)34-3/h6-7,9-13,15,22H,4-5,8,14H2,1-3H3/t22-/m1/s1. The van der Waals surface area contributed by atoms with Crippen molar-refractivity contribution in [3.8, 4) is 5.75 Å². The summed E-state index contributed by atoms with van der Waals surface area (Å²) in [5.74, 6) is -0.424. The summed E-state index contributed by atoms with van der Waals surface area (Å²) in [6.07, 6.45) is 3.09. The minimum Gasteiger partial charge on any atom is -0.494 e. The zero-order valence-electron chi connectivity index (χ0n) is 20.8. The van der Waals surface area contributed by atoms with Crippen molar-refractivity contribution in [3.05, 3.63) is 86.2 Å². The molecule has 0 fully saturated rings. The molecule has 2 aromatic heterocycles. The summed E-state index contributed by atoms with van der Waals surface area (Å²) >= 11 is 1.04. The highest BCUT2D eigenvalue weighted by Gasteiger charge is 2.45. The van der Waals surface area contributed by atoms with E-state index in [9.17, 15) is 14.4 Å². The number of benzene rings is 2. The number of aryl methyl sites for hydroxylation is 1. The Morgan fingerprint density at radius 2 is 1.95 bits per heavy atom. The molecule has 37 heavy (non-hydrogen) atoms. The predicted octanol–water partition coefficient (Wildman–Crippen LogP) is 5.66. The number of methoxy groups -OCH3 is 1. The van der Waals surface area contributed by atoms with Crippen molar-refractivity contribution >= 4 is 39.3 Å². The third-order valence-electron chi connectivity index (χ3n) is 6.33. The smallest absolute Gasteiger partial charge is 0.350 e. The second-order valence-corrected chi connectivity index (χ2v) is 9.76. The second-order valence-electron chi connectivity index (χ2n) is 8.78. The average molecular weight is 519 g/mol. The normalized spacial score (nSPS) is 14.7. The molecule has 1 aliphatic heterocycles. The van der Waals surface area contributed by atoms with Crippen LogP contribution in [0, 0.1) is 6.92 Å². The molecule has 0 saturated heterocycles. The van der Waals surface area contributed by atoms with Crippen LogP contribution >= 0.6 is 11.3 Å². The molecule has 0 aliphatic carbocycles. The number of carbonyl (C=O) groups is 2. The third kappa shape index (κ3) is 4.40. The number of hydrogen-bond acceptors (Lipinski definition) is 8. The molecule has 1 amide bonds. The molecular weight excluding hydrogens is 492 g/mol. The third-order valence-corrected chi connectivity index (χ3v) is 7.47. The first-order valence-corrected chi connectivity index (χ1v) is 12.9. The van der Waals surface area contributed by atoms with Crippen LogP contribution in [0.1, 0.15) is 69.3 Å². The van der Waals surface area contributed by atoms with E-state index in [1.54, 1.807) is 31.2 Å². The number of anilines is 1. The lowest BCUT2D eigenvalue weighted by Gasteiger charge is -2.23. The van der Waals surface area contributed by atoms with Gasteiger partial charge in [-0.05, 0) is 43.2 Å². The van der Waals surface area contributed by atoms with Gasteiger partial charge < -0.3 is 13.9 Å². The Morgan fingerprint density at radius 1 is 1.14 bits per heavy atom. The zero-order chi connectivity index (χ0) is 26.1. The Labute approximate surface area is 217 Å². The fourth-order valence-electron chi connectivity index (χ4n) is 4.52. The van der Waals surface area contributed by atoms with Gasteiger partial charge in [0.15, 0.2) is 10.6 Å². The van der Waals surface area contributed by atoms with Gasteiger partial charge in [0, 0.05) is 0 Å². The zero-order valence-corrected chi connectivity index (χ0v) is 21.6. The van der Waals surface area contributed by atoms with Crippen LogP contribution in [0.3, 0.4) is 0 Å². The van der Waals surface area contributed by atoms with E-state index in [-0.39, 0.29) is 26.8 Å². The summed E-state index contributed by atoms with van der Waals surface area (Å²) in [5.41, 5.74) is 1.40. The first-order chi connectivity index (χ1) is 17.9. The van der Waals surface area contributed by atoms with Crippen molar-refractivity contribution in [1.29, 1.82) is 0 Å². The van der Waals surface area contributed by atoms with Gasteiger partial charge >= 0.3 is 5.97 Å². The number of nitrogens with zero attached hydrogens (tertiary/aromatic N) is 2. The van der Waals surface area contributed by atoms with Crippen LogP contribution in [0.5, 0.6) is 5.75 Å². The summed E-state index contributed by atoms with van der Waals surface area (Å²) in [6, 6.07) is 13.4. The van der Waals surface area contributed by atoms with Crippen molar-refractivity contribution in [2.24, 2.45) is 0 Å². The average Bonchev–Trinajstić information content (AvgIpc) is 3.43. The van der Waals surface area contributed by atoms with Gasteiger partial charge in [0.1, 0.15) is 16.2 Å². The summed E-state index contributed by atoms with van der Waals surface area (Å²) in [5, 5.41) is 0.662. The topological polar surface area (TPSA) is 98.9 Å². The highest BCUT2D eigenvalue weighted by atomic mass is 32.1. The summed E-state index contributed by atoms with van der Waals surface area (Å²) in [7, 11) is 1.29. The number of thiazole rings is 1. The molecule has 0 N–H and O–H groups in total. The molecule has 1 atom stereocenters. The van der Waals surface area contributed by atoms with E-state index in [0.717, 1.165) is 30.6 Å². The number of hydrogen-bond donors (Lipinski definition) is 0. The van der Waals surface area contributed by atoms with Crippen LogP contribution < -0.4 is 15.1 Å². The SMILES string of the molecule is CCCCCOc1cccc([C@@H]2c3c(oc4ccccc4c3=O)C(=O)N2c2nc(C)c(C(=O)OC)s2)c1. The van der Waals surface area contributed by atoms with Gasteiger partial charge in [-0.1, -0.05) is 55.4 Å². The molecule has 0 radical (unpaired) electrons. The Morgan fingerprint density at radius 3 is 2.73 bits per heavy atom. The van der Waals surface area contributed by atoms with Gasteiger partial charge in [0.05, 0.1) is 36.4 Å². The first-order valence-electron chi connectivity index (χ1n) is 12.1. The van der Waals surface area contributed by atoms with E-state index in [1.165, 1.54) is 12.0 Å². The molecule has 5 rings (SSSR count). The number of fused-ring (bicyclic) bond motifs is 2. The van der Waals surface area contributed by atoms with Gasteiger partial charge in [-0.2, -0.15) is 0 Å². The Kier molecular flexibility index (Phi) is 6.80. The van der Waals surface area contributed by atoms with Gasteiger partial charge in [-0.3, -0.25) is 14.5 Å². The molecule has 0 unspecified atom stereocenters. The molecule has 4 aromatic rings. The maximum atomic E-state index is 13.8. The molecule has 9 heteroatoms. The largest absolute Gasteiger partial charge is 0.494 e. The highest BCUT2D eigenvalue weighted by Crippen LogP contribution is 2.43. The first kappa shape index (κ1) is 24.7. The number of amides is 1. The van der Waals surface area contributed by atoms with E-state index < -0.39 is 17.9 Å². The van der Waals surface area contributed by atoms with Crippen LogP contribution in [0.15, 0.2) is 57.7 Å². The minimum atomic E-state index is -0.807. The molecule has 190 valence electrons. The molecule has 3 heterocycles. The van der Waals surface area contributed by atoms with Gasteiger partial charge in [-0.25, -0.2) is 9.78 Å². The Bertz CT molecular complexity index is 1560. The van der Waals surface area contributed by atoms with E-state index in [4.69, 9.17) is 13.9 Å². The number of para-hydroxylation sites is 1.